The Balaban J connectivity index is 2.28. The number of carbonyl (C=O) groups is 1. The second kappa shape index (κ2) is 5.13. The molecule has 0 aliphatic carbocycles. The second-order valence-electron chi connectivity index (χ2n) is 3.65. The standard InChI is InChI=1S/C12H13N5O/c1-2-9-5-3-4-6-10(9)7-17-11(13)12(14-8-18)15-16-17/h2-6,8H,1,7,13H2,(H,14,18). The number of aromatic nitrogens is 3. The number of benzene rings is 1. The lowest BCUT2D eigenvalue weighted by molar-refractivity contribution is -0.105. The van der Waals surface area contributed by atoms with Crippen LogP contribution in [0.5, 0.6) is 0 Å². The molecule has 18 heavy (non-hydrogen) atoms. The van der Waals surface area contributed by atoms with E-state index in [2.05, 4.69) is 22.2 Å². The van der Waals surface area contributed by atoms with Crippen LogP contribution in [0.25, 0.3) is 6.08 Å². The van der Waals surface area contributed by atoms with Crippen LogP contribution >= 0.6 is 0 Å². The van der Waals surface area contributed by atoms with Crippen molar-refractivity contribution in [2.24, 2.45) is 0 Å². The molecule has 0 aliphatic rings. The molecule has 1 heterocycles. The lowest BCUT2D eigenvalue weighted by Crippen LogP contribution is -2.08. The summed E-state index contributed by atoms with van der Waals surface area (Å²) in [5.41, 5.74) is 7.86. The van der Waals surface area contributed by atoms with E-state index in [0.29, 0.717) is 18.8 Å². The van der Waals surface area contributed by atoms with E-state index in [9.17, 15) is 4.79 Å². The molecular formula is C12H13N5O. The Morgan fingerprint density at radius 1 is 1.44 bits per heavy atom. The predicted octanol–water partition coefficient (Wildman–Crippen LogP) is 1.12. The zero-order valence-corrected chi connectivity index (χ0v) is 9.71. The average Bonchev–Trinajstić information content (AvgIpc) is 2.73. The van der Waals surface area contributed by atoms with Gasteiger partial charge in [-0.15, -0.1) is 5.10 Å². The van der Waals surface area contributed by atoms with E-state index in [1.54, 1.807) is 6.08 Å². The van der Waals surface area contributed by atoms with Crippen LogP contribution in [0.4, 0.5) is 11.6 Å². The molecule has 0 radical (unpaired) electrons. The first kappa shape index (κ1) is 11.8. The largest absolute Gasteiger partial charge is 0.381 e. The molecule has 0 spiro atoms. The summed E-state index contributed by atoms with van der Waals surface area (Å²) >= 11 is 0. The third-order valence-corrected chi connectivity index (χ3v) is 2.56. The lowest BCUT2D eigenvalue weighted by atomic mass is 10.1. The van der Waals surface area contributed by atoms with Gasteiger partial charge < -0.3 is 11.1 Å². The lowest BCUT2D eigenvalue weighted by Gasteiger charge is -2.06. The summed E-state index contributed by atoms with van der Waals surface area (Å²) in [5.74, 6) is 0.585. The highest BCUT2D eigenvalue weighted by atomic mass is 16.1. The maximum absolute atomic E-state index is 10.3. The first-order valence-electron chi connectivity index (χ1n) is 5.35. The van der Waals surface area contributed by atoms with Crippen LogP contribution in [0.3, 0.4) is 0 Å². The van der Waals surface area contributed by atoms with Crippen molar-refractivity contribution >= 4 is 24.1 Å². The van der Waals surface area contributed by atoms with E-state index >= 15 is 0 Å². The van der Waals surface area contributed by atoms with Gasteiger partial charge in [-0.3, -0.25) is 4.79 Å². The summed E-state index contributed by atoms with van der Waals surface area (Å²) < 4.78 is 1.52. The van der Waals surface area contributed by atoms with Crippen LogP contribution in [0.2, 0.25) is 0 Å². The van der Waals surface area contributed by atoms with Gasteiger partial charge in [0, 0.05) is 0 Å². The van der Waals surface area contributed by atoms with Gasteiger partial charge in [0.25, 0.3) is 0 Å². The smallest absolute Gasteiger partial charge is 0.212 e. The van der Waals surface area contributed by atoms with Crippen molar-refractivity contribution < 1.29 is 4.79 Å². The van der Waals surface area contributed by atoms with Crippen LogP contribution in [0.1, 0.15) is 11.1 Å². The molecule has 0 atom stereocenters. The second-order valence-corrected chi connectivity index (χ2v) is 3.65. The number of anilines is 2. The monoisotopic (exact) mass is 243 g/mol. The maximum atomic E-state index is 10.3. The topological polar surface area (TPSA) is 85.8 Å². The number of nitrogens with zero attached hydrogens (tertiary/aromatic N) is 3. The Kier molecular flexibility index (Phi) is 3.38. The summed E-state index contributed by atoms with van der Waals surface area (Å²) in [5, 5.41) is 10.1. The Hall–Kier alpha value is -2.63. The molecule has 0 saturated heterocycles. The van der Waals surface area contributed by atoms with Crippen molar-refractivity contribution in [2.45, 2.75) is 6.54 Å². The van der Waals surface area contributed by atoms with Crippen LogP contribution in [0, 0.1) is 0 Å². The summed E-state index contributed by atoms with van der Waals surface area (Å²) in [4.78, 5) is 10.3. The Bertz CT molecular complexity index is 576. The fraction of sp³-hybridized carbons (Fsp3) is 0.0833. The zero-order valence-electron chi connectivity index (χ0n) is 9.71. The molecule has 6 nitrogen and oxygen atoms in total. The van der Waals surface area contributed by atoms with E-state index in [4.69, 9.17) is 5.73 Å². The molecule has 6 heteroatoms. The van der Waals surface area contributed by atoms with Crippen LogP contribution in [-0.4, -0.2) is 21.4 Å². The number of amides is 1. The summed E-state index contributed by atoms with van der Waals surface area (Å²) in [7, 11) is 0. The van der Waals surface area contributed by atoms with E-state index < -0.39 is 0 Å². The third-order valence-electron chi connectivity index (χ3n) is 2.56. The molecule has 2 rings (SSSR count). The Labute approximate surface area is 104 Å². The van der Waals surface area contributed by atoms with Gasteiger partial charge >= 0.3 is 0 Å². The highest BCUT2D eigenvalue weighted by Gasteiger charge is 2.09. The van der Waals surface area contributed by atoms with E-state index in [0.717, 1.165) is 11.1 Å². The van der Waals surface area contributed by atoms with Gasteiger partial charge in [-0.25, -0.2) is 4.68 Å². The van der Waals surface area contributed by atoms with Crippen LogP contribution < -0.4 is 11.1 Å². The molecule has 2 aromatic rings. The summed E-state index contributed by atoms with van der Waals surface area (Å²) in [6, 6.07) is 7.79. The number of carbonyl (C=O) groups excluding carboxylic acids is 1. The first-order valence-corrected chi connectivity index (χ1v) is 5.35. The van der Waals surface area contributed by atoms with Gasteiger partial charge in [0.1, 0.15) is 0 Å². The van der Waals surface area contributed by atoms with Gasteiger partial charge in [-0.1, -0.05) is 42.1 Å². The number of nitrogens with two attached hydrogens (primary N) is 1. The van der Waals surface area contributed by atoms with Gasteiger partial charge in [-0.2, -0.15) is 0 Å². The molecular weight excluding hydrogens is 230 g/mol. The number of nitrogen functional groups attached to an aromatic ring is 1. The van der Waals surface area contributed by atoms with Crippen molar-refractivity contribution in [1.82, 2.24) is 15.0 Å². The fourth-order valence-electron chi connectivity index (χ4n) is 1.63. The minimum Gasteiger partial charge on any atom is -0.381 e. The SMILES string of the molecule is C=Cc1ccccc1Cn1nnc(NC=O)c1N. The van der Waals surface area contributed by atoms with Gasteiger partial charge in [-0.05, 0) is 11.1 Å². The highest BCUT2D eigenvalue weighted by Crippen LogP contribution is 2.17. The van der Waals surface area contributed by atoms with Crippen molar-refractivity contribution in [3.05, 3.63) is 42.0 Å². The Morgan fingerprint density at radius 2 is 2.22 bits per heavy atom. The average molecular weight is 243 g/mol. The molecule has 1 amide bonds. The predicted molar refractivity (Wildman–Crippen MR) is 69.8 cm³/mol. The van der Waals surface area contributed by atoms with Crippen LogP contribution in [0.15, 0.2) is 30.8 Å². The van der Waals surface area contributed by atoms with Crippen molar-refractivity contribution in [2.75, 3.05) is 11.1 Å². The third kappa shape index (κ3) is 2.22. The molecule has 92 valence electrons. The Morgan fingerprint density at radius 3 is 2.94 bits per heavy atom. The van der Waals surface area contributed by atoms with Gasteiger partial charge in [0.15, 0.2) is 11.6 Å². The van der Waals surface area contributed by atoms with Crippen molar-refractivity contribution in [3.63, 3.8) is 0 Å². The minimum atomic E-state index is 0.265. The van der Waals surface area contributed by atoms with Crippen molar-refractivity contribution in [1.29, 1.82) is 0 Å². The summed E-state index contributed by atoms with van der Waals surface area (Å²) in [6.07, 6.45) is 2.29. The molecule has 1 aromatic heterocycles. The molecule has 0 fully saturated rings. The molecule has 0 saturated carbocycles. The molecule has 0 unspecified atom stereocenters. The molecule has 1 aromatic carbocycles. The number of rotatable bonds is 5. The summed E-state index contributed by atoms with van der Waals surface area (Å²) in [6.45, 7) is 4.23. The number of hydrogen-bond donors (Lipinski definition) is 2. The van der Waals surface area contributed by atoms with Crippen LogP contribution in [-0.2, 0) is 11.3 Å². The maximum Gasteiger partial charge on any atom is 0.212 e. The fourth-order valence-corrected chi connectivity index (χ4v) is 1.63. The highest BCUT2D eigenvalue weighted by molar-refractivity contribution is 5.74. The van der Waals surface area contributed by atoms with Gasteiger partial charge in [0.2, 0.25) is 6.41 Å². The number of nitrogens with one attached hydrogen (secondary N) is 1. The van der Waals surface area contributed by atoms with Gasteiger partial charge in [0.05, 0.1) is 6.54 Å². The van der Waals surface area contributed by atoms with E-state index in [1.165, 1.54) is 4.68 Å². The zero-order chi connectivity index (χ0) is 13.0. The molecule has 3 N–H and O–H groups in total. The van der Waals surface area contributed by atoms with E-state index in [1.807, 2.05) is 24.3 Å². The van der Waals surface area contributed by atoms with E-state index in [-0.39, 0.29) is 5.82 Å². The quantitative estimate of drug-likeness (QED) is 0.770. The normalized spacial score (nSPS) is 10.0. The molecule has 0 aliphatic heterocycles. The molecule has 0 bridgehead atoms. The minimum absolute atomic E-state index is 0.265. The number of hydrogen-bond acceptors (Lipinski definition) is 4. The van der Waals surface area contributed by atoms with Crippen molar-refractivity contribution in [3.8, 4) is 0 Å². The first-order chi connectivity index (χ1) is 8.76.